The zero-order valence-electron chi connectivity index (χ0n) is 12.0. The van der Waals surface area contributed by atoms with Crippen molar-refractivity contribution in [2.45, 2.75) is 19.4 Å². The summed E-state index contributed by atoms with van der Waals surface area (Å²) in [6.07, 6.45) is 1.95. The Kier molecular flexibility index (Phi) is 4.02. The normalized spacial score (nSPS) is 12.2. The first-order valence-electron chi connectivity index (χ1n) is 6.98. The van der Waals surface area contributed by atoms with Crippen molar-refractivity contribution in [3.05, 3.63) is 42.7 Å². The van der Waals surface area contributed by atoms with Crippen LogP contribution in [0.15, 0.2) is 42.7 Å². The summed E-state index contributed by atoms with van der Waals surface area (Å²) in [5.74, 6) is -0.314. The zero-order valence-corrected chi connectivity index (χ0v) is 12.8. The Balaban J connectivity index is 2.02. The van der Waals surface area contributed by atoms with Crippen molar-refractivity contribution in [1.29, 1.82) is 0 Å². The Morgan fingerprint density at radius 2 is 2.09 bits per heavy atom. The van der Waals surface area contributed by atoms with Gasteiger partial charge in [-0.1, -0.05) is 37.3 Å². The Morgan fingerprint density at radius 1 is 1.32 bits per heavy atom. The van der Waals surface area contributed by atoms with E-state index in [-0.39, 0.29) is 0 Å². The van der Waals surface area contributed by atoms with Crippen LogP contribution in [-0.4, -0.2) is 27.1 Å². The molecule has 3 aromatic rings. The van der Waals surface area contributed by atoms with Gasteiger partial charge in [-0.05, 0) is 18.1 Å². The van der Waals surface area contributed by atoms with Gasteiger partial charge in [-0.25, -0.2) is 14.8 Å². The van der Waals surface area contributed by atoms with Crippen LogP contribution in [0.25, 0.3) is 20.7 Å². The number of carboxylic acid groups (broad SMARTS) is 1. The second kappa shape index (κ2) is 6.11. The maximum Gasteiger partial charge on any atom is 0.326 e. The Bertz CT molecular complexity index is 802. The lowest BCUT2D eigenvalue weighted by atomic mass is 10.2. The minimum absolute atomic E-state index is 0.483. The van der Waals surface area contributed by atoms with Gasteiger partial charge in [-0.15, -0.1) is 11.3 Å². The van der Waals surface area contributed by atoms with Crippen LogP contribution in [0, 0.1) is 0 Å². The number of aromatic nitrogens is 2. The number of nitrogens with one attached hydrogen (secondary N) is 1. The first-order chi connectivity index (χ1) is 10.7. The molecule has 0 aliphatic carbocycles. The van der Waals surface area contributed by atoms with Gasteiger partial charge in [0.15, 0.2) is 0 Å². The molecule has 1 atom stereocenters. The van der Waals surface area contributed by atoms with Crippen LogP contribution in [0.1, 0.15) is 13.3 Å². The number of carboxylic acids is 1. The van der Waals surface area contributed by atoms with E-state index in [1.165, 1.54) is 6.33 Å². The van der Waals surface area contributed by atoms with Gasteiger partial charge in [0.1, 0.15) is 23.0 Å². The number of nitrogens with zero attached hydrogens (tertiary/aromatic N) is 2. The maximum atomic E-state index is 11.2. The SMILES string of the molecule is CCC(Nc1ncnc2sc(-c3ccccc3)cc12)C(=O)O. The highest BCUT2D eigenvalue weighted by molar-refractivity contribution is 7.21. The first kappa shape index (κ1) is 14.5. The van der Waals surface area contributed by atoms with Crippen LogP contribution < -0.4 is 5.32 Å². The number of anilines is 1. The molecule has 2 N–H and O–H groups in total. The molecule has 1 aromatic carbocycles. The van der Waals surface area contributed by atoms with Crippen molar-refractivity contribution in [2.75, 3.05) is 5.32 Å². The third-order valence-corrected chi connectivity index (χ3v) is 4.50. The van der Waals surface area contributed by atoms with Gasteiger partial charge in [0.05, 0.1) is 5.39 Å². The molecule has 112 valence electrons. The molecule has 22 heavy (non-hydrogen) atoms. The van der Waals surface area contributed by atoms with Crippen molar-refractivity contribution in [3.63, 3.8) is 0 Å². The molecule has 6 heteroatoms. The number of fused-ring (bicyclic) bond motifs is 1. The van der Waals surface area contributed by atoms with E-state index in [1.807, 2.05) is 43.3 Å². The average molecular weight is 313 g/mol. The molecule has 0 saturated heterocycles. The van der Waals surface area contributed by atoms with Gasteiger partial charge >= 0.3 is 5.97 Å². The molecule has 2 heterocycles. The Hall–Kier alpha value is -2.47. The third kappa shape index (κ3) is 2.78. The zero-order chi connectivity index (χ0) is 15.5. The van der Waals surface area contributed by atoms with E-state index in [0.29, 0.717) is 12.2 Å². The quantitative estimate of drug-likeness (QED) is 0.752. The van der Waals surface area contributed by atoms with Gasteiger partial charge in [0, 0.05) is 4.88 Å². The van der Waals surface area contributed by atoms with E-state index in [4.69, 9.17) is 0 Å². The summed E-state index contributed by atoms with van der Waals surface area (Å²) in [5, 5.41) is 13.0. The second-order valence-corrected chi connectivity index (χ2v) is 5.89. The van der Waals surface area contributed by atoms with Crippen molar-refractivity contribution in [1.82, 2.24) is 9.97 Å². The summed E-state index contributed by atoms with van der Waals surface area (Å²) >= 11 is 1.57. The Labute approximate surface area is 131 Å². The topological polar surface area (TPSA) is 75.1 Å². The smallest absolute Gasteiger partial charge is 0.326 e. The van der Waals surface area contributed by atoms with E-state index in [0.717, 1.165) is 20.7 Å². The van der Waals surface area contributed by atoms with Gasteiger partial charge in [0.25, 0.3) is 0 Å². The summed E-state index contributed by atoms with van der Waals surface area (Å²) in [7, 11) is 0. The number of benzene rings is 1. The number of thiophene rings is 1. The highest BCUT2D eigenvalue weighted by atomic mass is 32.1. The summed E-state index contributed by atoms with van der Waals surface area (Å²) in [5.41, 5.74) is 1.11. The number of carbonyl (C=O) groups is 1. The van der Waals surface area contributed by atoms with Crippen LogP contribution in [-0.2, 0) is 4.79 Å². The van der Waals surface area contributed by atoms with Crippen molar-refractivity contribution < 1.29 is 9.90 Å². The first-order valence-corrected chi connectivity index (χ1v) is 7.80. The molecule has 0 bridgehead atoms. The molecule has 1 unspecified atom stereocenters. The predicted molar refractivity (Wildman–Crippen MR) is 88.2 cm³/mol. The molecule has 0 spiro atoms. The lowest BCUT2D eigenvalue weighted by Crippen LogP contribution is -2.28. The summed E-state index contributed by atoms with van der Waals surface area (Å²) in [6, 6.07) is 11.4. The minimum Gasteiger partial charge on any atom is -0.480 e. The number of rotatable bonds is 5. The highest BCUT2D eigenvalue weighted by Crippen LogP contribution is 2.34. The fraction of sp³-hybridized carbons (Fsp3) is 0.188. The van der Waals surface area contributed by atoms with Gasteiger partial charge in [0.2, 0.25) is 0 Å². The van der Waals surface area contributed by atoms with Crippen LogP contribution >= 0.6 is 11.3 Å². The third-order valence-electron chi connectivity index (χ3n) is 3.41. The van der Waals surface area contributed by atoms with Crippen molar-refractivity contribution in [2.24, 2.45) is 0 Å². The monoisotopic (exact) mass is 313 g/mol. The van der Waals surface area contributed by atoms with E-state index >= 15 is 0 Å². The van der Waals surface area contributed by atoms with E-state index in [9.17, 15) is 9.90 Å². The molecule has 0 radical (unpaired) electrons. The molecule has 5 nitrogen and oxygen atoms in total. The molecule has 0 fully saturated rings. The number of aliphatic carboxylic acids is 1. The van der Waals surface area contributed by atoms with Gasteiger partial charge in [-0.3, -0.25) is 0 Å². The average Bonchev–Trinajstić information content (AvgIpc) is 2.98. The molecule has 0 aliphatic rings. The van der Waals surface area contributed by atoms with Gasteiger partial charge in [-0.2, -0.15) is 0 Å². The minimum atomic E-state index is -0.882. The summed E-state index contributed by atoms with van der Waals surface area (Å²) < 4.78 is 0. The lowest BCUT2D eigenvalue weighted by molar-refractivity contribution is -0.137. The van der Waals surface area contributed by atoms with Gasteiger partial charge < -0.3 is 10.4 Å². The maximum absolute atomic E-state index is 11.2. The standard InChI is InChI=1S/C16H15N3O2S/c1-2-12(16(20)21)19-14-11-8-13(10-6-4-3-5-7-10)22-15(11)18-9-17-14/h3-9,12H,2H2,1H3,(H,20,21)(H,17,18,19). The van der Waals surface area contributed by atoms with Crippen LogP contribution in [0.3, 0.4) is 0 Å². The van der Waals surface area contributed by atoms with Crippen LogP contribution in [0.5, 0.6) is 0 Å². The predicted octanol–water partition coefficient (Wildman–Crippen LogP) is 3.63. The number of hydrogen-bond donors (Lipinski definition) is 2. The van der Waals surface area contributed by atoms with E-state index in [1.54, 1.807) is 11.3 Å². The summed E-state index contributed by atoms with van der Waals surface area (Å²) in [6.45, 7) is 1.83. The number of hydrogen-bond acceptors (Lipinski definition) is 5. The molecule has 0 aliphatic heterocycles. The molecule has 0 amide bonds. The summed E-state index contributed by atoms with van der Waals surface area (Å²) in [4.78, 5) is 21.6. The second-order valence-electron chi connectivity index (χ2n) is 4.86. The fourth-order valence-electron chi connectivity index (χ4n) is 2.22. The van der Waals surface area contributed by atoms with Crippen LogP contribution in [0.4, 0.5) is 5.82 Å². The van der Waals surface area contributed by atoms with Crippen LogP contribution in [0.2, 0.25) is 0 Å². The fourth-order valence-corrected chi connectivity index (χ4v) is 3.22. The molecule has 3 rings (SSSR count). The molecule has 0 saturated carbocycles. The molecular formula is C16H15N3O2S. The lowest BCUT2D eigenvalue weighted by Gasteiger charge is -2.12. The largest absolute Gasteiger partial charge is 0.480 e. The van der Waals surface area contributed by atoms with Crippen molar-refractivity contribution in [3.8, 4) is 10.4 Å². The highest BCUT2D eigenvalue weighted by Gasteiger charge is 2.17. The van der Waals surface area contributed by atoms with Crippen molar-refractivity contribution >= 4 is 33.3 Å². The molecule has 2 aromatic heterocycles. The Morgan fingerprint density at radius 3 is 2.77 bits per heavy atom. The van der Waals surface area contributed by atoms with E-state index in [2.05, 4.69) is 15.3 Å². The molecular weight excluding hydrogens is 298 g/mol. The van der Waals surface area contributed by atoms with E-state index < -0.39 is 12.0 Å².